The topological polar surface area (TPSA) is 107 Å². The minimum Gasteiger partial charge on any atom is -0.335 e. The number of amidine groups is 1. The summed E-state index contributed by atoms with van der Waals surface area (Å²) >= 11 is 0. The van der Waals surface area contributed by atoms with E-state index in [2.05, 4.69) is 21.7 Å². The highest BCUT2D eigenvalue weighted by Gasteiger charge is 2.38. The highest BCUT2D eigenvalue weighted by Crippen LogP contribution is 2.45. The normalized spacial score (nSPS) is 26.1. The van der Waals surface area contributed by atoms with Gasteiger partial charge in [0.25, 0.3) is 5.91 Å². The average Bonchev–Trinajstić information content (AvgIpc) is 3.22. The molecule has 1 aliphatic heterocycles. The molecule has 180 valence electrons. The molecule has 3 aliphatic rings. The SMILES string of the molecule is N#CC(NC(=O)C(CC1CCCC2CCCCC21)N=C1NC(=O)c2ccccc21)c1cccnc1. The van der Waals surface area contributed by atoms with E-state index in [1.807, 2.05) is 18.2 Å². The van der Waals surface area contributed by atoms with Gasteiger partial charge in [-0.05, 0) is 42.7 Å². The van der Waals surface area contributed by atoms with Crippen molar-refractivity contribution in [2.75, 3.05) is 0 Å². The Morgan fingerprint density at radius 1 is 1.11 bits per heavy atom. The first-order chi connectivity index (χ1) is 17.1. The predicted molar refractivity (Wildman–Crippen MR) is 132 cm³/mol. The summed E-state index contributed by atoms with van der Waals surface area (Å²) in [6, 6.07) is 11.5. The number of pyridine rings is 1. The Morgan fingerprint density at radius 3 is 2.71 bits per heavy atom. The molecule has 0 saturated heterocycles. The van der Waals surface area contributed by atoms with Gasteiger partial charge in [-0.25, -0.2) is 0 Å². The summed E-state index contributed by atoms with van der Waals surface area (Å²) in [6.45, 7) is 0. The lowest BCUT2D eigenvalue weighted by Gasteiger charge is -2.42. The van der Waals surface area contributed by atoms with Gasteiger partial charge in [0.15, 0.2) is 0 Å². The van der Waals surface area contributed by atoms with E-state index in [1.165, 1.54) is 38.5 Å². The number of hydrogen-bond donors (Lipinski definition) is 2. The Kier molecular flexibility index (Phi) is 6.89. The van der Waals surface area contributed by atoms with Gasteiger partial charge < -0.3 is 10.6 Å². The summed E-state index contributed by atoms with van der Waals surface area (Å²) in [5.74, 6) is 1.74. The van der Waals surface area contributed by atoms with Crippen molar-refractivity contribution in [1.82, 2.24) is 15.6 Å². The maximum atomic E-state index is 13.6. The second-order valence-corrected chi connectivity index (χ2v) is 9.99. The Bertz CT molecular complexity index is 1150. The summed E-state index contributed by atoms with van der Waals surface area (Å²) in [6.07, 6.45) is 12.5. The van der Waals surface area contributed by atoms with Crippen molar-refractivity contribution in [1.29, 1.82) is 5.26 Å². The summed E-state index contributed by atoms with van der Waals surface area (Å²) in [7, 11) is 0. The second kappa shape index (κ2) is 10.4. The minimum absolute atomic E-state index is 0.200. The molecular formula is C28H31N5O2. The molecule has 1 aromatic heterocycles. The summed E-state index contributed by atoms with van der Waals surface area (Å²) < 4.78 is 0. The number of rotatable bonds is 6. The largest absolute Gasteiger partial charge is 0.335 e. The van der Waals surface area contributed by atoms with Crippen LogP contribution in [0.4, 0.5) is 0 Å². The van der Waals surface area contributed by atoms with Crippen LogP contribution in [-0.4, -0.2) is 28.7 Å². The monoisotopic (exact) mass is 469 g/mol. The van der Waals surface area contributed by atoms with E-state index < -0.39 is 12.1 Å². The fraction of sp³-hybridized carbons (Fsp3) is 0.464. The van der Waals surface area contributed by atoms with Crippen LogP contribution in [0.15, 0.2) is 53.8 Å². The quantitative estimate of drug-likeness (QED) is 0.657. The number of carbonyl (C=O) groups is 2. The number of nitrogens with one attached hydrogen (secondary N) is 2. The van der Waals surface area contributed by atoms with E-state index in [0.717, 1.165) is 17.9 Å². The third kappa shape index (κ3) is 4.97. The molecule has 2 aromatic rings. The first-order valence-corrected chi connectivity index (χ1v) is 12.7. The van der Waals surface area contributed by atoms with E-state index in [0.29, 0.717) is 35.2 Å². The van der Waals surface area contributed by atoms with E-state index in [9.17, 15) is 14.9 Å². The van der Waals surface area contributed by atoms with Gasteiger partial charge in [0.05, 0.1) is 11.6 Å². The third-order valence-electron chi connectivity index (χ3n) is 7.93. The molecule has 2 heterocycles. The Hall–Kier alpha value is -3.53. The molecule has 1 aromatic carbocycles. The van der Waals surface area contributed by atoms with Crippen LogP contribution in [0, 0.1) is 29.1 Å². The van der Waals surface area contributed by atoms with Gasteiger partial charge in [0, 0.05) is 23.5 Å². The predicted octanol–water partition coefficient (Wildman–Crippen LogP) is 4.32. The average molecular weight is 470 g/mol. The number of hydrogen-bond acceptors (Lipinski definition) is 5. The van der Waals surface area contributed by atoms with Crippen molar-refractivity contribution < 1.29 is 9.59 Å². The molecule has 2 saturated carbocycles. The molecule has 2 fully saturated rings. The van der Waals surface area contributed by atoms with Crippen molar-refractivity contribution in [3.8, 4) is 6.07 Å². The Morgan fingerprint density at radius 2 is 1.91 bits per heavy atom. The van der Waals surface area contributed by atoms with Crippen molar-refractivity contribution >= 4 is 17.6 Å². The van der Waals surface area contributed by atoms with E-state index >= 15 is 0 Å². The summed E-state index contributed by atoms with van der Waals surface area (Å²) in [5.41, 5.74) is 1.93. The van der Waals surface area contributed by atoms with E-state index in [1.54, 1.807) is 30.6 Å². The number of benzene rings is 1. The highest BCUT2D eigenvalue weighted by molar-refractivity contribution is 6.23. The Balaban J connectivity index is 1.43. The van der Waals surface area contributed by atoms with Crippen LogP contribution in [-0.2, 0) is 4.79 Å². The summed E-state index contributed by atoms with van der Waals surface area (Å²) in [5, 5.41) is 15.5. The van der Waals surface area contributed by atoms with Crippen molar-refractivity contribution in [3.05, 3.63) is 65.5 Å². The smallest absolute Gasteiger partial charge is 0.257 e. The van der Waals surface area contributed by atoms with Crippen LogP contribution in [0.3, 0.4) is 0 Å². The molecule has 2 aliphatic carbocycles. The van der Waals surface area contributed by atoms with Crippen molar-refractivity contribution in [2.45, 2.75) is 63.5 Å². The lowest BCUT2D eigenvalue weighted by Crippen LogP contribution is -2.41. The fourth-order valence-corrected chi connectivity index (χ4v) is 6.23. The molecule has 5 atom stereocenters. The molecular weight excluding hydrogens is 438 g/mol. The molecule has 0 bridgehead atoms. The van der Waals surface area contributed by atoms with Crippen molar-refractivity contribution in [3.63, 3.8) is 0 Å². The molecule has 5 rings (SSSR count). The lowest BCUT2D eigenvalue weighted by atomic mass is 9.64. The van der Waals surface area contributed by atoms with Crippen LogP contribution < -0.4 is 10.6 Å². The number of carbonyl (C=O) groups excluding carboxylic acids is 2. The molecule has 7 nitrogen and oxygen atoms in total. The van der Waals surface area contributed by atoms with Gasteiger partial charge in [-0.15, -0.1) is 0 Å². The Labute approximate surface area is 206 Å². The van der Waals surface area contributed by atoms with Gasteiger partial charge in [-0.2, -0.15) is 5.26 Å². The number of aromatic nitrogens is 1. The second-order valence-electron chi connectivity index (χ2n) is 9.99. The molecule has 2 amide bonds. The number of aliphatic imine (C=N–C) groups is 1. The van der Waals surface area contributed by atoms with Gasteiger partial charge in [-0.1, -0.05) is 62.8 Å². The maximum absolute atomic E-state index is 13.6. The van der Waals surface area contributed by atoms with Gasteiger partial charge in [0.1, 0.15) is 17.9 Å². The maximum Gasteiger partial charge on any atom is 0.257 e. The molecule has 0 spiro atoms. The zero-order valence-electron chi connectivity index (χ0n) is 19.8. The van der Waals surface area contributed by atoms with Gasteiger partial charge in [0.2, 0.25) is 5.91 Å². The fourth-order valence-electron chi connectivity index (χ4n) is 6.23. The first-order valence-electron chi connectivity index (χ1n) is 12.7. The van der Waals surface area contributed by atoms with E-state index in [4.69, 9.17) is 4.99 Å². The van der Waals surface area contributed by atoms with Crippen molar-refractivity contribution in [2.24, 2.45) is 22.7 Å². The lowest BCUT2D eigenvalue weighted by molar-refractivity contribution is -0.123. The van der Waals surface area contributed by atoms with Crippen LogP contribution in [0.5, 0.6) is 0 Å². The molecule has 7 heteroatoms. The zero-order valence-corrected chi connectivity index (χ0v) is 19.8. The zero-order chi connectivity index (χ0) is 24.2. The number of amides is 2. The number of fused-ring (bicyclic) bond motifs is 2. The van der Waals surface area contributed by atoms with Gasteiger partial charge >= 0.3 is 0 Å². The van der Waals surface area contributed by atoms with Crippen LogP contribution in [0.1, 0.15) is 78.9 Å². The van der Waals surface area contributed by atoms with Gasteiger partial charge in [-0.3, -0.25) is 19.6 Å². The standard InChI is InChI=1S/C28H31N5O2/c29-16-25(20-10-6-14-30-17-20)32-28(35)24(15-19-9-5-8-18-7-1-2-11-21(18)19)31-26-22-12-3-4-13-23(22)27(34)33-26/h3-4,6,10,12-14,17-19,21,24-25H,1-2,5,7-9,11,15H2,(H,32,35)(H,31,33,34). The minimum atomic E-state index is -0.807. The highest BCUT2D eigenvalue weighted by atomic mass is 16.2. The van der Waals surface area contributed by atoms with E-state index in [-0.39, 0.29) is 11.8 Å². The third-order valence-corrected chi connectivity index (χ3v) is 7.93. The summed E-state index contributed by atoms with van der Waals surface area (Å²) in [4.78, 5) is 35.0. The number of nitrogens with zero attached hydrogens (tertiary/aromatic N) is 3. The molecule has 2 N–H and O–H groups in total. The number of nitriles is 1. The molecule has 0 radical (unpaired) electrons. The van der Waals surface area contributed by atoms with Crippen LogP contribution >= 0.6 is 0 Å². The van der Waals surface area contributed by atoms with Crippen LogP contribution in [0.25, 0.3) is 0 Å². The molecule has 5 unspecified atom stereocenters. The first kappa shape index (κ1) is 23.2. The molecule has 35 heavy (non-hydrogen) atoms. The van der Waals surface area contributed by atoms with Crippen LogP contribution in [0.2, 0.25) is 0 Å².